The normalized spacial score (nSPS) is 15.3. The van der Waals surface area contributed by atoms with Crippen LogP contribution in [0.4, 0.5) is 0 Å². The molecule has 1 aliphatic rings. The van der Waals surface area contributed by atoms with E-state index in [1.165, 1.54) is 6.21 Å². The van der Waals surface area contributed by atoms with Gasteiger partial charge in [-0.15, -0.1) is 0 Å². The van der Waals surface area contributed by atoms with Crippen LogP contribution < -0.4 is 25.5 Å². The quantitative estimate of drug-likeness (QED) is 0.185. The Labute approximate surface area is 217 Å². The van der Waals surface area contributed by atoms with Crippen molar-refractivity contribution in [3.05, 3.63) is 69.3 Å². The number of benzene rings is 2. The molecule has 184 valence electrons. The summed E-state index contributed by atoms with van der Waals surface area (Å²) in [4.78, 5) is 24.9. The van der Waals surface area contributed by atoms with Crippen molar-refractivity contribution in [1.29, 1.82) is 0 Å². The molecule has 1 aliphatic heterocycles. The van der Waals surface area contributed by atoms with Crippen molar-refractivity contribution < 1.29 is 23.8 Å². The third-order valence-electron chi connectivity index (χ3n) is 4.93. The number of carbonyl (C=O) groups is 2. The van der Waals surface area contributed by atoms with Crippen LogP contribution >= 0.6 is 28.1 Å². The third kappa shape index (κ3) is 6.80. The van der Waals surface area contributed by atoms with Gasteiger partial charge in [-0.1, -0.05) is 18.2 Å². The minimum atomic E-state index is -0.603. The maximum absolute atomic E-state index is 12.6. The Kier molecular flexibility index (Phi) is 9.21. The van der Waals surface area contributed by atoms with E-state index in [-0.39, 0.29) is 13.2 Å². The van der Waals surface area contributed by atoms with Gasteiger partial charge in [0.05, 0.1) is 36.0 Å². The molecule has 0 spiro atoms. The van der Waals surface area contributed by atoms with E-state index >= 15 is 0 Å². The Morgan fingerprint density at radius 2 is 2.00 bits per heavy atom. The predicted octanol–water partition coefficient (Wildman–Crippen LogP) is 3.34. The molecule has 11 heteroatoms. The van der Waals surface area contributed by atoms with Crippen LogP contribution in [0.15, 0.2) is 63.3 Å². The molecule has 0 aromatic heterocycles. The van der Waals surface area contributed by atoms with E-state index in [1.54, 1.807) is 51.3 Å². The second-order valence-corrected chi connectivity index (χ2v) is 8.57. The van der Waals surface area contributed by atoms with Crippen LogP contribution in [0, 0.1) is 0 Å². The van der Waals surface area contributed by atoms with Crippen molar-refractivity contribution >= 4 is 51.4 Å². The second kappa shape index (κ2) is 12.3. The molecular formula is C24H25BrN4O5S. The number of hydrogen-bond acceptors (Lipinski definition) is 7. The molecular weight excluding hydrogens is 536 g/mol. The van der Waals surface area contributed by atoms with Crippen molar-refractivity contribution in [1.82, 2.24) is 16.1 Å². The zero-order valence-corrected chi connectivity index (χ0v) is 21.8. The fraction of sp³-hybridized carbons (Fsp3) is 0.250. The molecule has 0 saturated carbocycles. The molecule has 9 nitrogen and oxygen atoms in total. The predicted molar refractivity (Wildman–Crippen MR) is 139 cm³/mol. The lowest BCUT2D eigenvalue weighted by atomic mass is 9.95. The standard InChI is InChI=1S/C24H25BrN4O5S/c1-4-33-23(31)21-14(2)27-24(35)28-22(21)16-7-5-6-8-18(16)34-13-20(30)29-26-12-15-9-10-19(32-3)17(25)11-15/h5-12,22H,4,13H2,1-3H3,(H,29,30)(H2,27,28,35)/t22-/m1/s1. The lowest BCUT2D eigenvalue weighted by Crippen LogP contribution is -2.45. The zero-order chi connectivity index (χ0) is 25.4. The number of para-hydroxylation sites is 1. The number of esters is 1. The van der Waals surface area contributed by atoms with Gasteiger partial charge in [-0.3, -0.25) is 4.79 Å². The number of amides is 1. The van der Waals surface area contributed by atoms with Crippen molar-refractivity contribution in [3.63, 3.8) is 0 Å². The molecule has 0 unspecified atom stereocenters. The maximum atomic E-state index is 12.6. The molecule has 1 heterocycles. The number of hydrogen-bond donors (Lipinski definition) is 3. The lowest BCUT2D eigenvalue weighted by molar-refractivity contribution is -0.139. The summed E-state index contributed by atoms with van der Waals surface area (Å²) in [6.45, 7) is 3.44. The topological polar surface area (TPSA) is 110 Å². The number of allylic oxidation sites excluding steroid dienone is 1. The van der Waals surface area contributed by atoms with Crippen molar-refractivity contribution in [2.75, 3.05) is 20.3 Å². The fourth-order valence-corrected chi connectivity index (χ4v) is 4.20. The molecule has 3 rings (SSSR count). The first-order valence-electron chi connectivity index (χ1n) is 10.7. The summed E-state index contributed by atoms with van der Waals surface area (Å²) in [5.74, 6) is 0.195. The molecule has 0 bridgehead atoms. The number of methoxy groups -OCH3 is 1. The second-order valence-electron chi connectivity index (χ2n) is 7.30. The Bertz CT molecular complexity index is 1180. The van der Waals surface area contributed by atoms with Crippen LogP contribution in [0.5, 0.6) is 11.5 Å². The van der Waals surface area contributed by atoms with Crippen LogP contribution in [-0.2, 0) is 14.3 Å². The van der Waals surface area contributed by atoms with Crippen LogP contribution in [-0.4, -0.2) is 43.5 Å². The molecule has 1 amide bonds. The lowest BCUT2D eigenvalue weighted by Gasteiger charge is -2.30. The maximum Gasteiger partial charge on any atom is 0.338 e. The van der Waals surface area contributed by atoms with Crippen molar-refractivity contribution in [2.45, 2.75) is 19.9 Å². The van der Waals surface area contributed by atoms with Crippen LogP contribution in [0.3, 0.4) is 0 Å². The summed E-state index contributed by atoms with van der Waals surface area (Å²) in [5.41, 5.74) is 4.81. The minimum absolute atomic E-state index is 0.235. The smallest absolute Gasteiger partial charge is 0.338 e. The number of nitrogens with one attached hydrogen (secondary N) is 3. The van der Waals surface area contributed by atoms with E-state index in [1.807, 2.05) is 12.1 Å². The van der Waals surface area contributed by atoms with Gasteiger partial charge >= 0.3 is 5.97 Å². The van der Waals surface area contributed by atoms with Gasteiger partial charge in [0.25, 0.3) is 5.91 Å². The SMILES string of the molecule is CCOC(=O)C1=C(C)NC(=S)N[C@@H]1c1ccccc1OCC(=O)NN=Cc1ccc(OC)c(Br)c1. The molecule has 3 N–H and O–H groups in total. The van der Waals surface area contributed by atoms with E-state index in [0.717, 1.165) is 10.0 Å². The number of ether oxygens (including phenoxy) is 3. The Hall–Kier alpha value is -3.44. The van der Waals surface area contributed by atoms with E-state index in [0.29, 0.717) is 33.4 Å². The summed E-state index contributed by atoms with van der Waals surface area (Å²) in [6, 6.07) is 11.9. The van der Waals surface area contributed by atoms with Gasteiger partial charge in [0, 0.05) is 11.3 Å². The van der Waals surface area contributed by atoms with Gasteiger partial charge in [0.15, 0.2) is 11.7 Å². The average molecular weight is 561 g/mol. The Balaban J connectivity index is 1.69. The van der Waals surface area contributed by atoms with Crippen molar-refractivity contribution in [3.8, 4) is 11.5 Å². The molecule has 0 radical (unpaired) electrons. The highest BCUT2D eigenvalue weighted by Gasteiger charge is 2.32. The fourth-order valence-electron chi connectivity index (χ4n) is 3.37. The Morgan fingerprint density at radius 3 is 2.71 bits per heavy atom. The molecule has 0 aliphatic carbocycles. The summed E-state index contributed by atoms with van der Waals surface area (Å²) >= 11 is 8.69. The molecule has 35 heavy (non-hydrogen) atoms. The summed E-state index contributed by atoms with van der Waals surface area (Å²) in [5, 5.41) is 10.4. The largest absolute Gasteiger partial charge is 0.496 e. The summed E-state index contributed by atoms with van der Waals surface area (Å²) in [6.07, 6.45) is 1.51. The highest BCUT2D eigenvalue weighted by molar-refractivity contribution is 9.10. The number of carbonyl (C=O) groups excluding carboxylic acids is 2. The third-order valence-corrected chi connectivity index (χ3v) is 5.77. The van der Waals surface area contributed by atoms with E-state index in [9.17, 15) is 9.59 Å². The first-order chi connectivity index (χ1) is 16.8. The number of hydrazone groups is 1. The first kappa shape index (κ1) is 26.2. The number of rotatable bonds is 9. The molecule has 0 fully saturated rings. The molecule has 2 aromatic carbocycles. The van der Waals surface area contributed by atoms with Gasteiger partial charge in [-0.2, -0.15) is 5.10 Å². The van der Waals surface area contributed by atoms with Gasteiger partial charge in [-0.05, 0) is 71.8 Å². The van der Waals surface area contributed by atoms with Gasteiger partial charge in [0.1, 0.15) is 11.5 Å². The van der Waals surface area contributed by atoms with Crippen LogP contribution in [0.2, 0.25) is 0 Å². The first-order valence-corrected chi connectivity index (χ1v) is 11.9. The molecule has 2 aromatic rings. The van der Waals surface area contributed by atoms with E-state index in [4.69, 9.17) is 26.4 Å². The molecule has 1 atom stereocenters. The zero-order valence-electron chi connectivity index (χ0n) is 19.4. The number of nitrogens with zero attached hydrogens (tertiary/aromatic N) is 1. The summed E-state index contributed by atoms with van der Waals surface area (Å²) in [7, 11) is 1.58. The highest BCUT2D eigenvalue weighted by atomic mass is 79.9. The van der Waals surface area contributed by atoms with Gasteiger partial charge in [-0.25, -0.2) is 10.2 Å². The Morgan fingerprint density at radius 1 is 1.23 bits per heavy atom. The van der Waals surface area contributed by atoms with E-state index in [2.05, 4.69) is 37.1 Å². The van der Waals surface area contributed by atoms with E-state index < -0.39 is 17.9 Å². The minimum Gasteiger partial charge on any atom is -0.496 e. The number of thiocarbonyl (C=S) groups is 1. The van der Waals surface area contributed by atoms with Gasteiger partial charge < -0.3 is 24.8 Å². The highest BCUT2D eigenvalue weighted by Crippen LogP contribution is 2.33. The molecule has 0 saturated heterocycles. The van der Waals surface area contributed by atoms with Gasteiger partial charge in [0.2, 0.25) is 0 Å². The summed E-state index contributed by atoms with van der Waals surface area (Å²) < 4.78 is 17.0. The van der Waals surface area contributed by atoms with Crippen molar-refractivity contribution in [2.24, 2.45) is 5.10 Å². The average Bonchev–Trinajstić information content (AvgIpc) is 2.82. The van der Waals surface area contributed by atoms with Crippen LogP contribution in [0.1, 0.15) is 31.0 Å². The monoisotopic (exact) mass is 560 g/mol. The number of halogens is 1. The van der Waals surface area contributed by atoms with Crippen LogP contribution in [0.25, 0.3) is 0 Å².